The standard InChI is InChI=1S/C17H23N5O3/c1-10-19-15-18-5-11(14(24)22(15)20-10)13(23)21-6-12-16(2,3)7-17(12,8-21)9-25-4/h5,12H,6-9H2,1-4H3,(H,18,19,20)/t12-,17-/m1/s1. The molecule has 4 rings (SSSR count). The van der Waals surface area contributed by atoms with Crippen LogP contribution in [0.25, 0.3) is 5.78 Å². The number of fused-ring (bicyclic) bond motifs is 2. The lowest BCUT2D eigenvalue weighted by molar-refractivity contribution is -0.107. The van der Waals surface area contributed by atoms with Gasteiger partial charge < -0.3 is 9.64 Å². The third-order valence-corrected chi connectivity index (χ3v) is 5.83. The van der Waals surface area contributed by atoms with Crippen LogP contribution in [0.1, 0.15) is 36.5 Å². The molecule has 0 radical (unpaired) electrons. The van der Waals surface area contributed by atoms with E-state index in [9.17, 15) is 9.59 Å². The van der Waals surface area contributed by atoms with E-state index in [1.54, 1.807) is 18.9 Å². The van der Waals surface area contributed by atoms with Gasteiger partial charge in [0.25, 0.3) is 17.2 Å². The molecule has 2 aliphatic rings. The fourth-order valence-corrected chi connectivity index (χ4v) is 5.04. The summed E-state index contributed by atoms with van der Waals surface area (Å²) in [5.74, 6) is 0.976. The van der Waals surface area contributed by atoms with Crippen molar-refractivity contribution in [2.45, 2.75) is 27.2 Å². The molecule has 2 atom stereocenters. The molecule has 1 aliphatic heterocycles. The zero-order valence-electron chi connectivity index (χ0n) is 15.0. The molecule has 2 fully saturated rings. The van der Waals surface area contributed by atoms with Gasteiger partial charge in [0, 0.05) is 31.8 Å². The molecule has 3 heterocycles. The van der Waals surface area contributed by atoms with E-state index >= 15 is 0 Å². The Morgan fingerprint density at radius 3 is 2.92 bits per heavy atom. The number of aromatic nitrogens is 4. The van der Waals surface area contributed by atoms with E-state index in [1.807, 2.05) is 0 Å². The number of ether oxygens (including phenoxy) is 1. The number of rotatable bonds is 3. The van der Waals surface area contributed by atoms with E-state index < -0.39 is 5.56 Å². The van der Waals surface area contributed by atoms with Gasteiger partial charge in [-0.15, -0.1) is 0 Å². The van der Waals surface area contributed by atoms with Crippen LogP contribution in [-0.2, 0) is 4.74 Å². The molecule has 1 saturated heterocycles. The van der Waals surface area contributed by atoms with Gasteiger partial charge in [0.2, 0.25) is 0 Å². The first-order chi connectivity index (χ1) is 11.8. The summed E-state index contributed by atoms with van der Waals surface area (Å²) < 4.78 is 6.66. The average molecular weight is 345 g/mol. The number of hydrogen-bond acceptors (Lipinski definition) is 5. The quantitative estimate of drug-likeness (QED) is 0.891. The lowest BCUT2D eigenvalue weighted by Crippen LogP contribution is -2.55. The maximum Gasteiger partial charge on any atom is 0.286 e. The summed E-state index contributed by atoms with van der Waals surface area (Å²) in [4.78, 5) is 35.7. The summed E-state index contributed by atoms with van der Waals surface area (Å²) in [6.45, 7) is 8.12. The van der Waals surface area contributed by atoms with Gasteiger partial charge in [-0.3, -0.25) is 14.7 Å². The Bertz CT molecular complexity index is 915. The zero-order chi connectivity index (χ0) is 18.0. The molecule has 134 valence electrons. The van der Waals surface area contributed by atoms with E-state index in [2.05, 4.69) is 28.9 Å². The first-order valence-corrected chi connectivity index (χ1v) is 8.50. The Kier molecular flexibility index (Phi) is 3.34. The molecule has 1 amide bonds. The van der Waals surface area contributed by atoms with E-state index in [-0.39, 0.29) is 28.1 Å². The second-order valence-corrected chi connectivity index (χ2v) is 8.12. The predicted octanol–water partition coefficient (Wildman–Crippen LogP) is 0.861. The summed E-state index contributed by atoms with van der Waals surface area (Å²) in [6.07, 6.45) is 2.37. The highest BCUT2D eigenvalue weighted by Gasteiger charge is 2.63. The van der Waals surface area contributed by atoms with Crippen molar-refractivity contribution in [1.29, 1.82) is 0 Å². The van der Waals surface area contributed by atoms with Gasteiger partial charge in [0.15, 0.2) is 0 Å². The molecule has 0 aromatic carbocycles. The van der Waals surface area contributed by atoms with Crippen molar-refractivity contribution in [2.24, 2.45) is 16.7 Å². The average Bonchev–Trinajstić information content (AvgIpc) is 3.06. The smallest absolute Gasteiger partial charge is 0.286 e. The van der Waals surface area contributed by atoms with E-state index in [0.717, 1.165) is 6.42 Å². The third-order valence-electron chi connectivity index (χ3n) is 5.83. The minimum absolute atomic E-state index is 0.00616. The number of carbonyl (C=O) groups excluding carboxylic acids is 1. The number of H-pyrrole nitrogens is 1. The first kappa shape index (κ1) is 16.3. The molecule has 1 N–H and O–H groups in total. The van der Waals surface area contributed by atoms with E-state index in [0.29, 0.717) is 31.4 Å². The Morgan fingerprint density at radius 2 is 2.24 bits per heavy atom. The van der Waals surface area contributed by atoms with Crippen molar-refractivity contribution in [3.05, 3.63) is 27.9 Å². The maximum atomic E-state index is 13.0. The van der Waals surface area contributed by atoms with Crippen LogP contribution >= 0.6 is 0 Å². The molecule has 1 saturated carbocycles. The third kappa shape index (κ3) is 2.23. The summed E-state index contributed by atoms with van der Waals surface area (Å²) >= 11 is 0. The van der Waals surface area contributed by atoms with Crippen LogP contribution in [0, 0.1) is 23.7 Å². The van der Waals surface area contributed by atoms with Crippen molar-refractivity contribution < 1.29 is 9.53 Å². The molecule has 2 aromatic rings. The Balaban J connectivity index is 1.66. The van der Waals surface area contributed by atoms with Crippen LogP contribution in [-0.4, -0.2) is 57.2 Å². The molecule has 0 bridgehead atoms. The maximum absolute atomic E-state index is 13.0. The monoisotopic (exact) mass is 345 g/mol. The van der Waals surface area contributed by atoms with Crippen LogP contribution in [0.4, 0.5) is 0 Å². The largest absolute Gasteiger partial charge is 0.384 e. The van der Waals surface area contributed by atoms with Gasteiger partial charge in [-0.1, -0.05) is 13.8 Å². The number of carbonyl (C=O) groups is 1. The number of methoxy groups -OCH3 is 1. The number of likely N-dealkylation sites (tertiary alicyclic amines) is 1. The number of hydrogen-bond donors (Lipinski definition) is 1. The minimum Gasteiger partial charge on any atom is -0.384 e. The number of nitrogens with zero attached hydrogens (tertiary/aromatic N) is 4. The number of aryl methyl sites for hydroxylation is 1. The second-order valence-electron chi connectivity index (χ2n) is 8.12. The topological polar surface area (TPSA) is 92.6 Å². The van der Waals surface area contributed by atoms with Gasteiger partial charge in [-0.25, -0.2) is 4.98 Å². The van der Waals surface area contributed by atoms with Crippen LogP contribution in [0.5, 0.6) is 0 Å². The molecule has 8 nitrogen and oxygen atoms in total. The summed E-state index contributed by atoms with van der Waals surface area (Å²) in [5.41, 5.74) is -0.139. The second kappa shape index (κ2) is 5.14. The fraction of sp³-hybridized carbons (Fsp3) is 0.647. The minimum atomic E-state index is -0.408. The van der Waals surface area contributed by atoms with Gasteiger partial charge in [0.1, 0.15) is 11.4 Å². The summed E-state index contributed by atoms with van der Waals surface area (Å²) in [7, 11) is 1.70. The lowest BCUT2D eigenvalue weighted by Gasteiger charge is -2.56. The molecular weight excluding hydrogens is 322 g/mol. The van der Waals surface area contributed by atoms with Crippen molar-refractivity contribution in [3.63, 3.8) is 0 Å². The molecular formula is C17H23N5O3. The molecule has 0 unspecified atom stereocenters. The van der Waals surface area contributed by atoms with Gasteiger partial charge >= 0.3 is 0 Å². The zero-order valence-corrected chi connectivity index (χ0v) is 15.0. The van der Waals surface area contributed by atoms with Gasteiger partial charge in [-0.05, 0) is 24.7 Å². The first-order valence-electron chi connectivity index (χ1n) is 8.50. The Hall–Kier alpha value is -2.22. The molecule has 1 aliphatic carbocycles. The van der Waals surface area contributed by atoms with Crippen molar-refractivity contribution in [2.75, 3.05) is 26.8 Å². The summed E-state index contributed by atoms with van der Waals surface area (Å²) in [5, 5.41) is 2.82. The number of amides is 1. The van der Waals surface area contributed by atoms with Crippen LogP contribution in [0.2, 0.25) is 0 Å². The highest BCUT2D eigenvalue weighted by molar-refractivity contribution is 5.94. The highest BCUT2D eigenvalue weighted by Crippen LogP contribution is 2.62. The van der Waals surface area contributed by atoms with Crippen molar-refractivity contribution in [1.82, 2.24) is 24.5 Å². The lowest BCUT2D eigenvalue weighted by atomic mass is 9.48. The van der Waals surface area contributed by atoms with Gasteiger partial charge in [0.05, 0.1) is 6.61 Å². The summed E-state index contributed by atoms with van der Waals surface area (Å²) in [6, 6.07) is 0. The molecule has 2 aromatic heterocycles. The van der Waals surface area contributed by atoms with E-state index in [4.69, 9.17) is 4.74 Å². The predicted molar refractivity (Wildman–Crippen MR) is 90.4 cm³/mol. The highest BCUT2D eigenvalue weighted by atomic mass is 16.5. The van der Waals surface area contributed by atoms with Crippen molar-refractivity contribution in [3.8, 4) is 0 Å². The van der Waals surface area contributed by atoms with E-state index in [1.165, 1.54) is 10.7 Å². The Morgan fingerprint density at radius 1 is 1.48 bits per heavy atom. The van der Waals surface area contributed by atoms with Crippen LogP contribution in [0.15, 0.2) is 11.0 Å². The van der Waals surface area contributed by atoms with Gasteiger partial charge in [-0.2, -0.15) is 9.50 Å². The SMILES string of the molecule is COC[C@@]12CN(C(=O)c3cnc4nc(C)[nH]n4c3=O)C[C@@H]1C(C)(C)C2. The number of aromatic amines is 1. The molecule has 25 heavy (non-hydrogen) atoms. The fourth-order valence-electron chi connectivity index (χ4n) is 5.04. The number of nitrogens with one attached hydrogen (secondary N) is 1. The van der Waals surface area contributed by atoms with Crippen LogP contribution in [0.3, 0.4) is 0 Å². The normalized spacial score (nSPS) is 27.4. The van der Waals surface area contributed by atoms with Crippen molar-refractivity contribution >= 4 is 11.7 Å². The Labute approximate surface area is 145 Å². The van der Waals surface area contributed by atoms with Crippen LogP contribution < -0.4 is 5.56 Å². The molecule has 0 spiro atoms. The molecule has 8 heteroatoms.